The van der Waals surface area contributed by atoms with Crippen LogP contribution in [-0.4, -0.2) is 33.6 Å². The van der Waals surface area contributed by atoms with Crippen molar-refractivity contribution < 1.29 is 40.0 Å². The molecule has 10 heteroatoms. The van der Waals surface area contributed by atoms with Crippen molar-refractivity contribution in [1.82, 2.24) is 0 Å². The molecular formula is C16H23F3O6S. The Balaban J connectivity index is 0.00000301. The van der Waals surface area contributed by atoms with Crippen LogP contribution in [0.15, 0.2) is 18.2 Å². The van der Waals surface area contributed by atoms with Gasteiger partial charge in [-0.1, -0.05) is 27.2 Å². The van der Waals surface area contributed by atoms with Crippen LogP contribution in [-0.2, 0) is 26.1 Å². The maximum atomic E-state index is 12.4. The van der Waals surface area contributed by atoms with Gasteiger partial charge in [0.2, 0.25) is 0 Å². The zero-order chi connectivity index (χ0) is 20.4. The number of carbonyl (C=O) groups is 1. The first-order valence-corrected chi connectivity index (χ1v) is 9.34. The summed E-state index contributed by atoms with van der Waals surface area (Å²) < 4.78 is 73.3. The molecule has 0 aliphatic rings. The van der Waals surface area contributed by atoms with E-state index >= 15 is 0 Å². The lowest BCUT2D eigenvalue weighted by molar-refractivity contribution is -0.139. The van der Waals surface area contributed by atoms with E-state index in [4.69, 9.17) is 4.74 Å². The second-order valence-electron chi connectivity index (χ2n) is 4.75. The quantitative estimate of drug-likeness (QED) is 0.286. The van der Waals surface area contributed by atoms with Gasteiger partial charge in [0, 0.05) is 6.07 Å². The van der Waals surface area contributed by atoms with Crippen LogP contribution in [0.5, 0.6) is 11.5 Å². The number of rotatable bonds is 8. The van der Waals surface area contributed by atoms with Crippen molar-refractivity contribution in [2.24, 2.45) is 0 Å². The Morgan fingerprint density at radius 2 is 1.69 bits per heavy atom. The Hall–Kier alpha value is -1.97. The third kappa shape index (κ3) is 7.94. The Kier molecular flexibility index (Phi) is 10.1. The molecule has 0 saturated heterocycles. The lowest BCUT2D eigenvalue weighted by Crippen LogP contribution is -2.28. The Morgan fingerprint density at radius 3 is 2.19 bits per heavy atom. The van der Waals surface area contributed by atoms with E-state index in [9.17, 15) is 26.4 Å². The van der Waals surface area contributed by atoms with Crippen molar-refractivity contribution in [1.29, 1.82) is 0 Å². The number of esters is 1. The summed E-state index contributed by atoms with van der Waals surface area (Å²) >= 11 is 0. The fourth-order valence-corrected chi connectivity index (χ4v) is 2.06. The van der Waals surface area contributed by atoms with Crippen LogP contribution >= 0.6 is 0 Å². The smallest absolute Gasteiger partial charge is 0.493 e. The minimum absolute atomic E-state index is 0.0947. The fraction of sp³-hybridized carbons (Fsp3) is 0.562. The highest BCUT2D eigenvalue weighted by molar-refractivity contribution is 7.88. The molecule has 1 rings (SSSR count). The maximum absolute atomic E-state index is 12.4. The van der Waals surface area contributed by atoms with Gasteiger partial charge < -0.3 is 13.7 Å². The summed E-state index contributed by atoms with van der Waals surface area (Å²) in [6, 6.07) is 3.42. The molecule has 0 atom stereocenters. The van der Waals surface area contributed by atoms with Gasteiger partial charge in [-0.2, -0.15) is 21.6 Å². The first-order valence-electron chi connectivity index (χ1n) is 7.93. The average Bonchev–Trinajstić information content (AvgIpc) is 2.55. The van der Waals surface area contributed by atoms with E-state index in [0.29, 0.717) is 6.42 Å². The van der Waals surface area contributed by atoms with E-state index in [1.807, 2.05) is 20.8 Å². The van der Waals surface area contributed by atoms with E-state index in [2.05, 4.69) is 8.92 Å². The van der Waals surface area contributed by atoms with Crippen LogP contribution in [0.25, 0.3) is 0 Å². The van der Waals surface area contributed by atoms with Crippen molar-refractivity contribution in [2.75, 3.05) is 13.7 Å². The number of benzene rings is 1. The standard InChI is InChI=1S/C14H17F3O6S.C2H6/c1-3-4-5-22-11-6-10(8-13(18)21-2)7-12(9-11)23-24(19,20)14(15,16)17;1-2/h6-7,9H,3-5,8H2,1-2H3;1-2H3. The number of hydrogen-bond acceptors (Lipinski definition) is 6. The topological polar surface area (TPSA) is 78.9 Å². The lowest BCUT2D eigenvalue weighted by Gasteiger charge is -2.13. The number of unbranched alkanes of at least 4 members (excludes halogenated alkanes) is 1. The minimum Gasteiger partial charge on any atom is -0.493 e. The van der Waals surface area contributed by atoms with Gasteiger partial charge in [0.25, 0.3) is 0 Å². The van der Waals surface area contributed by atoms with Crippen molar-refractivity contribution in [3.63, 3.8) is 0 Å². The molecular weight excluding hydrogens is 377 g/mol. The van der Waals surface area contributed by atoms with Gasteiger partial charge in [-0.25, -0.2) is 0 Å². The lowest BCUT2D eigenvalue weighted by atomic mass is 10.1. The summed E-state index contributed by atoms with van der Waals surface area (Å²) in [5, 5.41) is 0. The van der Waals surface area contributed by atoms with E-state index in [1.54, 1.807) is 0 Å². The Labute approximate surface area is 151 Å². The summed E-state index contributed by atoms with van der Waals surface area (Å²) in [5.41, 5.74) is -5.36. The predicted molar refractivity (Wildman–Crippen MR) is 89.5 cm³/mol. The highest BCUT2D eigenvalue weighted by atomic mass is 32.2. The predicted octanol–water partition coefficient (Wildman–Crippen LogP) is 3.84. The third-order valence-electron chi connectivity index (χ3n) is 2.77. The van der Waals surface area contributed by atoms with Crippen LogP contribution in [0, 0.1) is 0 Å². The fourth-order valence-electron chi connectivity index (χ4n) is 1.61. The Bertz CT molecular complexity index is 671. The molecule has 1 aromatic rings. The third-order valence-corrected chi connectivity index (χ3v) is 3.75. The van der Waals surface area contributed by atoms with E-state index in [1.165, 1.54) is 6.07 Å². The highest BCUT2D eigenvalue weighted by Gasteiger charge is 2.48. The van der Waals surface area contributed by atoms with Crippen molar-refractivity contribution >= 4 is 16.1 Å². The molecule has 0 aliphatic heterocycles. The minimum atomic E-state index is -5.82. The van der Waals surface area contributed by atoms with Gasteiger partial charge in [0.1, 0.15) is 11.5 Å². The maximum Gasteiger partial charge on any atom is 0.534 e. The van der Waals surface area contributed by atoms with Gasteiger partial charge in [0.05, 0.1) is 20.1 Å². The van der Waals surface area contributed by atoms with E-state index < -0.39 is 27.3 Å². The second-order valence-corrected chi connectivity index (χ2v) is 6.29. The average molecular weight is 400 g/mol. The molecule has 0 amide bonds. The number of alkyl halides is 3. The summed E-state index contributed by atoms with van der Waals surface area (Å²) in [5.74, 6) is -1.15. The molecule has 0 heterocycles. The molecule has 0 aliphatic carbocycles. The van der Waals surface area contributed by atoms with Crippen molar-refractivity contribution in [2.45, 2.75) is 45.5 Å². The Morgan fingerprint density at radius 1 is 1.12 bits per heavy atom. The second kappa shape index (κ2) is 10.9. The normalized spacial score (nSPS) is 11.2. The first-order chi connectivity index (χ1) is 12.1. The van der Waals surface area contributed by atoms with Gasteiger partial charge >= 0.3 is 21.6 Å². The van der Waals surface area contributed by atoms with Gasteiger partial charge in [-0.3, -0.25) is 4.79 Å². The van der Waals surface area contributed by atoms with E-state index in [0.717, 1.165) is 25.7 Å². The molecule has 150 valence electrons. The number of carbonyl (C=O) groups excluding carboxylic acids is 1. The van der Waals surface area contributed by atoms with Crippen molar-refractivity contribution in [3.05, 3.63) is 23.8 Å². The van der Waals surface area contributed by atoms with Gasteiger partial charge in [-0.05, 0) is 24.1 Å². The molecule has 6 nitrogen and oxygen atoms in total. The number of ether oxygens (including phenoxy) is 2. The zero-order valence-electron chi connectivity index (χ0n) is 15.1. The van der Waals surface area contributed by atoms with Crippen LogP contribution < -0.4 is 8.92 Å². The monoisotopic (exact) mass is 400 g/mol. The van der Waals surface area contributed by atoms with Crippen LogP contribution in [0.3, 0.4) is 0 Å². The SMILES string of the molecule is CC.CCCCOc1cc(CC(=O)OC)cc(OS(=O)(=O)C(F)(F)F)c1. The summed E-state index contributed by atoms with van der Waals surface area (Å²) in [4.78, 5) is 11.3. The highest BCUT2D eigenvalue weighted by Crippen LogP contribution is 2.30. The molecule has 0 unspecified atom stereocenters. The molecule has 1 aromatic carbocycles. The van der Waals surface area contributed by atoms with Gasteiger partial charge in [-0.15, -0.1) is 0 Å². The molecule has 0 radical (unpaired) electrons. The summed E-state index contributed by atoms with van der Waals surface area (Å²) in [6.45, 7) is 6.20. The van der Waals surface area contributed by atoms with Crippen LogP contribution in [0.1, 0.15) is 39.2 Å². The van der Waals surface area contributed by atoms with Crippen LogP contribution in [0.4, 0.5) is 13.2 Å². The zero-order valence-corrected chi connectivity index (χ0v) is 15.9. The summed E-state index contributed by atoms with van der Waals surface area (Å²) in [7, 11) is -4.67. The molecule has 0 aromatic heterocycles. The first kappa shape index (κ1) is 24.0. The molecule has 0 N–H and O–H groups in total. The molecule has 0 bridgehead atoms. The number of halogens is 3. The van der Waals surface area contributed by atoms with Gasteiger partial charge in [0.15, 0.2) is 0 Å². The molecule has 26 heavy (non-hydrogen) atoms. The number of methoxy groups -OCH3 is 1. The largest absolute Gasteiger partial charge is 0.534 e. The molecule has 0 spiro atoms. The van der Waals surface area contributed by atoms with E-state index in [-0.39, 0.29) is 24.3 Å². The van der Waals surface area contributed by atoms with Crippen molar-refractivity contribution in [3.8, 4) is 11.5 Å². The molecule has 0 saturated carbocycles. The number of hydrogen-bond donors (Lipinski definition) is 0. The molecule has 0 fully saturated rings. The summed E-state index contributed by atoms with van der Waals surface area (Å²) in [6.07, 6.45) is 1.25. The van der Waals surface area contributed by atoms with Crippen LogP contribution in [0.2, 0.25) is 0 Å².